The van der Waals surface area contributed by atoms with Crippen LogP contribution in [0.25, 0.3) is 0 Å². The zero-order valence-electron chi connectivity index (χ0n) is 16.7. The summed E-state index contributed by atoms with van der Waals surface area (Å²) in [7, 11) is 0. The molecule has 0 saturated carbocycles. The van der Waals surface area contributed by atoms with Gasteiger partial charge in [-0.3, -0.25) is 9.59 Å². The maximum Gasteiger partial charge on any atom is 0.241 e. The molecule has 4 rings (SSSR count). The number of hydrogen-bond donors (Lipinski definition) is 1. The van der Waals surface area contributed by atoms with E-state index < -0.39 is 17.0 Å². The molecular weight excluding hydrogens is 439 g/mol. The molecule has 2 heterocycles. The Hall–Kier alpha value is -2.77. The van der Waals surface area contributed by atoms with Gasteiger partial charge in [-0.1, -0.05) is 36.7 Å². The monoisotopic (exact) mass is 458 g/mol. The third kappa shape index (κ3) is 4.62. The second kappa shape index (κ2) is 9.16. The van der Waals surface area contributed by atoms with Gasteiger partial charge in [0, 0.05) is 9.92 Å². The number of para-hydroxylation sites is 1. The number of carbonyl (C=O) groups excluding carboxylic acids is 2. The van der Waals surface area contributed by atoms with Gasteiger partial charge in [0.05, 0.1) is 31.0 Å². The highest BCUT2D eigenvalue weighted by Crippen LogP contribution is 2.42. The standard InChI is InChI=1S/C23H20ClFN2O3S/c1-14(22(28)26-12-17-5-4-10-30-17)21-23(29)27(19-6-2-3-7-20(19)31-21)13-15-8-9-16(25)11-18(15)24/h2-11,14,21H,12-13H2,1H3,(H,26,28)/t14-,21+/m0/s1. The van der Waals surface area contributed by atoms with Crippen molar-refractivity contribution in [1.82, 2.24) is 5.32 Å². The van der Waals surface area contributed by atoms with E-state index in [-0.39, 0.29) is 29.9 Å². The number of nitrogens with zero attached hydrogens (tertiary/aromatic N) is 1. The second-order valence-electron chi connectivity index (χ2n) is 7.25. The highest BCUT2D eigenvalue weighted by Gasteiger charge is 2.39. The van der Waals surface area contributed by atoms with Crippen molar-refractivity contribution < 1.29 is 18.4 Å². The molecule has 1 N–H and O–H groups in total. The van der Waals surface area contributed by atoms with Crippen molar-refractivity contribution in [3.05, 3.63) is 83.0 Å². The van der Waals surface area contributed by atoms with Crippen LogP contribution >= 0.6 is 23.4 Å². The van der Waals surface area contributed by atoms with Gasteiger partial charge in [-0.15, -0.1) is 11.8 Å². The Morgan fingerprint density at radius 1 is 1.26 bits per heavy atom. The molecule has 0 radical (unpaired) electrons. The van der Waals surface area contributed by atoms with Gasteiger partial charge in [0.1, 0.15) is 16.8 Å². The van der Waals surface area contributed by atoms with Crippen LogP contribution in [0.15, 0.2) is 70.2 Å². The van der Waals surface area contributed by atoms with Crippen molar-refractivity contribution >= 4 is 40.9 Å². The quantitative estimate of drug-likeness (QED) is 0.562. The van der Waals surface area contributed by atoms with Crippen LogP contribution in [0.1, 0.15) is 18.2 Å². The van der Waals surface area contributed by atoms with E-state index in [0.29, 0.717) is 11.3 Å². The molecule has 1 aromatic heterocycles. The van der Waals surface area contributed by atoms with Crippen LogP contribution in [0, 0.1) is 11.7 Å². The summed E-state index contributed by atoms with van der Waals surface area (Å²) in [6.45, 7) is 2.18. The summed E-state index contributed by atoms with van der Waals surface area (Å²) in [4.78, 5) is 28.7. The fraction of sp³-hybridized carbons (Fsp3) is 0.217. The van der Waals surface area contributed by atoms with Gasteiger partial charge in [-0.2, -0.15) is 0 Å². The Morgan fingerprint density at radius 3 is 2.81 bits per heavy atom. The number of benzene rings is 2. The summed E-state index contributed by atoms with van der Waals surface area (Å²) in [6.07, 6.45) is 1.54. The molecule has 0 aliphatic carbocycles. The molecule has 2 atom stereocenters. The predicted octanol–water partition coefficient (Wildman–Crippen LogP) is 5.03. The van der Waals surface area contributed by atoms with Gasteiger partial charge in [-0.05, 0) is 42.0 Å². The van der Waals surface area contributed by atoms with Crippen LogP contribution in [-0.4, -0.2) is 17.1 Å². The predicted molar refractivity (Wildman–Crippen MR) is 118 cm³/mol. The molecule has 8 heteroatoms. The zero-order valence-corrected chi connectivity index (χ0v) is 18.3. The van der Waals surface area contributed by atoms with Crippen molar-refractivity contribution in [1.29, 1.82) is 0 Å². The van der Waals surface area contributed by atoms with Gasteiger partial charge in [0.2, 0.25) is 11.8 Å². The van der Waals surface area contributed by atoms with E-state index in [4.69, 9.17) is 16.0 Å². The Morgan fingerprint density at radius 2 is 2.06 bits per heavy atom. The molecule has 0 bridgehead atoms. The molecule has 1 aliphatic heterocycles. The van der Waals surface area contributed by atoms with E-state index >= 15 is 0 Å². The first-order valence-corrected chi connectivity index (χ1v) is 11.0. The van der Waals surface area contributed by atoms with Crippen LogP contribution < -0.4 is 10.2 Å². The first kappa shape index (κ1) is 21.5. The Bertz CT molecular complexity index is 1110. The van der Waals surface area contributed by atoms with E-state index in [1.54, 1.807) is 36.3 Å². The number of anilines is 1. The van der Waals surface area contributed by atoms with Crippen molar-refractivity contribution in [2.45, 2.75) is 30.2 Å². The lowest BCUT2D eigenvalue weighted by Crippen LogP contribution is -2.47. The number of carbonyl (C=O) groups is 2. The molecule has 1 aliphatic rings. The minimum atomic E-state index is -0.606. The number of hydrogen-bond acceptors (Lipinski definition) is 4. The van der Waals surface area contributed by atoms with Gasteiger partial charge in [0.15, 0.2) is 0 Å². The Labute approximate surface area is 188 Å². The maximum absolute atomic E-state index is 13.5. The third-order valence-corrected chi connectivity index (χ3v) is 6.96. The first-order chi connectivity index (χ1) is 14.9. The van der Waals surface area contributed by atoms with Crippen molar-refractivity contribution in [3.8, 4) is 0 Å². The Balaban J connectivity index is 1.57. The molecule has 0 unspecified atom stereocenters. The first-order valence-electron chi connectivity index (χ1n) is 9.75. The fourth-order valence-electron chi connectivity index (χ4n) is 3.42. The minimum absolute atomic E-state index is 0.187. The molecule has 160 valence electrons. The lowest BCUT2D eigenvalue weighted by atomic mass is 10.0. The van der Waals surface area contributed by atoms with Crippen LogP contribution in [0.4, 0.5) is 10.1 Å². The van der Waals surface area contributed by atoms with Gasteiger partial charge in [0.25, 0.3) is 0 Å². The lowest BCUT2D eigenvalue weighted by Gasteiger charge is -2.36. The topological polar surface area (TPSA) is 62.6 Å². The molecule has 31 heavy (non-hydrogen) atoms. The average molecular weight is 459 g/mol. The highest BCUT2D eigenvalue weighted by molar-refractivity contribution is 8.01. The van der Waals surface area contributed by atoms with E-state index in [9.17, 15) is 14.0 Å². The van der Waals surface area contributed by atoms with Gasteiger partial charge < -0.3 is 14.6 Å². The van der Waals surface area contributed by atoms with Crippen LogP contribution in [-0.2, 0) is 22.7 Å². The van der Waals surface area contributed by atoms with Crippen LogP contribution in [0.2, 0.25) is 5.02 Å². The number of amides is 2. The van der Waals surface area contributed by atoms with E-state index in [0.717, 1.165) is 10.6 Å². The number of nitrogens with one attached hydrogen (secondary N) is 1. The molecule has 0 fully saturated rings. The van der Waals surface area contributed by atoms with Crippen LogP contribution in [0.5, 0.6) is 0 Å². The lowest BCUT2D eigenvalue weighted by molar-refractivity contribution is -0.128. The van der Waals surface area contributed by atoms with E-state index in [1.165, 1.54) is 23.9 Å². The van der Waals surface area contributed by atoms with E-state index in [1.807, 2.05) is 24.3 Å². The zero-order chi connectivity index (χ0) is 22.0. The SMILES string of the molecule is C[C@H](C(=O)NCc1ccco1)[C@H]1Sc2ccccc2N(Cc2ccc(F)cc2Cl)C1=O. The van der Waals surface area contributed by atoms with Gasteiger partial charge >= 0.3 is 0 Å². The summed E-state index contributed by atoms with van der Waals surface area (Å²) in [6, 6.07) is 15.2. The molecular formula is C23H20ClFN2O3S. The number of fused-ring (bicyclic) bond motifs is 1. The molecule has 5 nitrogen and oxygen atoms in total. The highest BCUT2D eigenvalue weighted by atomic mass is 35.5. The summed E-state index contributed by atoms with van der Waals surface area (Å²) in [5, 5.41) is 2.48. The Kier molecular flexibility index (Phi) is 6.34. The summed E-state index contributed by atoms with van der Waals surface area (Å²) < 4.78 is 18.7. The summed E-state index contributed by atoms with van der Waals surface area (Å²) in [5.74, 6) is -0.798. The smallest absolute Gasteiger partial charge is 0.241 e. The number of furan rings is 1. The fourth-order valence-corrected chi connectivity index (χ4v) is 4.94. The molecule has 2 amide bonds. The minimum Gasteiger partial charge on any atom is -0.467 e. The number of halogens is 2. The van der Waals surface area contributed by atoms with Crippen molar-refractivity contribution in [2.75, 3.05) is 4.90 Å². The molecule has 0 saturated heterocycles. The number of rotatable bonds is 6. The average Bonchev–Trinajstić information content (AvgIpc) is 3.28. The second-order valence-corrected chi connectivity index (χ2v) is 8.84. The molecule has 3 aromatic rings. The van der Waals surface area contributed by atoms with Crippen molar-refractivity contribution in [3.63, 3.8) is 0 Å². The van der Waals surface area contributed by atoms with Crippen LogP contribution in [0.3, 0.4) is 0 Å². The van der Waals surface area contributed by atoms with Gasteiger partial charge in [-0.25, -0.2) is 4.39 Å². The largest absolute Gasteiger partial charge is 0.467 e. The normalized spacial score (nSPS) is 16.7. The molecule has 2 aromatic carbocycles. The number of thioether (sulfide) groups is 1. The summed E-state index contributed by atoms with van der Waals surface area (Å²) >= 11 is 7.58. The van der Waals surface area contributed by atoms with E-state index in [2.05, 4.69) is 5.32 Å². The van der Waals surface area contributed by atoms with Crippen molar-refractivity contribution in [2.24, 2.45) is 5.92 Å². The maximum atomic E-state index is 13.5. The third-order valence-electron chi connectivity index (χ3n) is 5.15. The molecule has 0 spiro atoms. The summed E-state index contributed by atoms with van der Waals surface area (Å²) in [5.41, 5.74) is 1.38.